The number of aliphatic hydroxyl groups excluding tert-OH is 2. The average Bonchev–Trinajstić information content (AvgIpc) is 2.39. The summed E-state index contributed by atoms with van der Waals surface area (Å²) in [5, 5.41) is 21.9. The van der Waals surface area contributed by atoms with Gasteiger partial charge in [-0.1, -0.05) is 65.2 Å². The van der Waals surface area contributed by atoms with E-state index in [-0.39, 0.29) is 6.10 Å². The number of nitrogens with one attached hydrogen (secondary N) is 1. The van der Waals surface area contributed by atoms with Crippen LogP contribution in [-0.4, -0.2) is 29.1 Å². The summed E-state index contributed by atoms with van der Waals surface area (Å²) in [4.78, 5) is 0. The largest absolute Gasteiger partial charge is 0.392 e. The van der Waals surface area contributed by atoms with Gasteiger partial charge in [0.15, 0.2) is 0 Å². The van der Waals surface area contributed by atoms with Gasteiger partial charge in [0.1, 0.15) is 6.23 Å². The van der Waals surface area contributed by atoms with Crippen molar-refractivity contribution in [2.24, 2.45) is 0 Å². The van der Waals surface area contributed by atoms with Crippen molar-refractivity contribution in [1.82, 2.24) is 5.32 Å². The average molecular weight is 259 g/mol. The quantitative estimate of drug-likeness (QED) is 0.352. The minimum Gasteiger partial charge on any atom is -0.392 e. The highest BCUT2D eigenvalue weighted by Crippen LogP contribution is 2.10. The summed E-state index contributed by atoms with van der Waals surface area (Å²) < 4.78 is 0. The van der Waals surface area contributed by atoms with E-state index in [1.807, 2.05) is 6.92 Å². The van der Waals surface area contributed by atoms with E-state index in [0.717, 1.165) is 12.8 Å². The summed E-state index contributed by atoms with van der Waals surface area (Å²) in [5.41, 5.74) is 0. The molecule has 0 aliphatic heterocycles. The number of hydrogen-bond donors (Lipinski definition) is 3. The van der Waals surface area contributed by atoms with Crippen LogP contribution in [0.2, 0.25) is 0 Å². The lowest BCUT2D eigenvalue weighted by molar-refractivity contribution is 0.0947. The van der Waals surface area contributed by atoms with Gasteiger partial charge < -0.3 is 10.2 Å². The summed E-state index contributed by atoms with van der Waals surface area (Å²) in [5.74, 6) is 0. The number of aliphatic hydroxyl groups is 2. The zero-order valence-corrected chi connectivity index (χ0v) is 12.3. The predicted molar refractivity (Wildman–Crippen MR) is 77.5 cm³/mol. The van der Waals surface area contributed by atoms with Crippen molar-refractivity contribution in [2.45, 2.75) is 90.4 Å². The van der Waals surface area contributed by atoms with Crippen molar-refractivity contribution in [3.05, 3.63) is 0 Å². The van der Waals surface area contributed by atoms with Crippen molar-refractivity contribution in [3.8, 4) is 0 Å². The molecule has 2 unspecified atom stereocenters. The fourth-order valence-electron chi connectivity index (χ4n) is 2.03. The molecule has 0 rings (SSSR count). The van der Waals surface area contributed by atoms with Crippen molar-refractivity contribution in [2.75, 3.05) is 6.54 Å². The Labute approximate surface area is 113 Å². The van der Waals surface area contributed by atoms with Gasteiger partial charge in [-0.15, -0.1) is 0 Å². The molecule has 3 heteroatoms. The van der Waals surface area contributed by atoms with E-state index in [2.05, 4.69) is 12.2 Å². The molecule has 0 aromatic carbocycles. The Kier molecular flexibility index (Phi) is 13.2. The lowest BCUT2D eigenvalue weighted by Gasteiger charge is -2.14. The molecule has 0 aliphatic carbocycles. The Balaban J connectivity index is 3.17. The SMILES string of the molecule is CCCCCCCCCCC(O)CNC(O)CC. The molecule has 0 aliphatic rings. The van der Waals surface area contributed by atoms with E-state index >= 15 is 0 Å². The van der Waals surface area contributed by atoms with Gasteiger partial charge in [-0.25, -0.2) is 0 Å². The first kappa shape index (κ1) is 17.9. The maximum Gasteiger partial charge on any atom is 0.104 e. The van der Waals surface area contributed by atoms with E-state index in [4.69, 9.17) is 0 Å². The molecule has 2 atom stereocenters. The smallest absolute Gasteiger partial charge is 0.104 e. The minimum atomic E-state index is -0.474. The van der Waals surface area contributed by atoms with Crippen molar-refractivity contribution < 1.29 is 10.2 Å². The first-order valence-electron chi connectivity index (χ1n) is 7.80. The number of rotatable bonds is 13. The maximum atomic E-state index is 9.69. The van der Waals surface area contributed by atoms with Gasteiger partial charge in [-0.05, 0) is 12.8 Å². The van der Waals surface area contributed by atoms with Crippen molar-refractivity contribution in [3.63, 3.8) is 0 Å². The lowest BCUT2D eigenvalue weighted by Crippen LogP contribution is -2.34. The summed E-state index contributed by atoms with van der Waals surface area (Å²) in [6.07, 6.45) is 11.1. The molecule has 0 heterocycles. The molecule has 0 radical (unpaired) electrons. The molecule has 0 aromatic heterocycles. The fraction of sp³-hybridized carbons (Fsp3) is 1.00. The van der Waals surface area contributed by atoms with Gasteiger partial charge in [-0.3, -0.25) is 5.32 Å². The first-order valence-corrected chi connectivity index (χ1v) is 7.80. The van der Waals surface area contributed by atoms with E-state index in [0.29, 0.717) is 13.0 Å². The van der Waals surface area contributed by atoms with Crippen LogP contribution in [0.5, 0.6) is 0 Å². The third-order valence-corrected chi connectivity index (χ3v) is 3.37. The molecule has 0 fully saturated rings. The molecule has 110 valence electrons. The molecule has 3 N–H and O–H groups in total. The minimum absolute atomic E-state index is 0.314. The van der Waals surface area contributed by atoms with Crippen LogP contribution in [0.3, 0.4) is 0 Å². The summed E-state index contributed by atoms with van der Waals surface area (Å²) in [6, 6.07) is 0. The van der Waals surface area contributed by atoms with Gasteiger partial charge in [0.05, 0.1) is 6.10 Å². The summed E-state index contributed by atoms with van der Waals surface area (Å²) in [7, 11) is 0. The topological polar surface area (TPSA) is 52.5 Å². The predicted octanol–water partition coefficient (Wildman–Crippen LogP) is 3.20. The molecule has 3 nitrogen and oxygen atoms in total. The van der Waals surface area contributed by atoms with E-state index in [1.165, 1.54) is 44.9 Å². The van der Waals surface area contributed by atoms with Crippen LogP contribution in [0.25, 0.3) is 0 Å². The van der Waals surface area contributed by atoms with Crippen LogP contribution in [0, 0.1) is 0 Å². The Morgan fingerprint density at radius 1 is 0.833 bits per heavy atom. The highest BCUT2D eigenvalue weighted by atomic mass is 16.3. The number of hydrogen-bond acceptors (Lipinski definition) is 3. The molecule has 0 bridgehead atoms. The van der Waals surface area contributed by atoms with Crippen molar-refractivity contribution in [1.29, 1.82) is 0 Å². The zero-order valence-electron chi connectivity index (χ0n) is 12.3. The molecular weight excluding hydrogens is 226 g/mol. The van der Waals surface area contributed by atoms with Crippen LogP contribution >= 0.6 is 0 Å². The molecule has 18 heavy (non-hydrogen) atoms. The zero-order chi connectivity index (χ0) is 13.6. The highest BCUT2D eigenvalue weighted by molar-refractivity contribution is 4.61. The van der Waals surface area contributed by atoms with Crippen LogP contribution < -0.4 is 5.32 Å². The van der Waals surface area contributed by atoms with E-state index < -0.39 is 6.23 Å². The van der Waals surface area contributed by atoms with E-state index in [9.17, 15) is 10.2 Å². The molecule has 0 saturated heterocycles. The normalized spacial score (nSPS) is 14.7. The monoisotopic (exact) mass is 259 g/mol. The van der Waals surface area contributed by atoms with Gasteiger partial charge >= 0.3 is 0 Å². The molecule has 0 saturated carbocycles. The Hall–Kier alpha value is -0.120. The van der Waals surface area contributed by atoms with Gasteiger partial charge in [0.25, 0.3) is 0 Å². The van der Waals surface area contributed by atoms with Crippen LogP contribution in [0.15, 0.2) is 0 Å². The second kappa shape index (κ2) is 13.3. The molecule has 0 spiro atoms. The Morgan fingerprint density at radius 2 is 1.39 bits per heavy atom. The van der Waals surface area contributed by atoms with Crippen LogP contribution in [0.1, 0.15) is 78.1 Å². The summed E-state index contributed by atoms with van der Waals surface area (Å²) >= 11 is 0. The highest BCUT2D eigenvalue weighted by Gasteiger charge is 2.06. The van der Waals surface area contributed by atoms with E-state index in [1.54, 1.807) is 0 Å². The third-order valence-electron chi connectivity index (χ3n) is 3.37. The molecule has 0 amide bonds. The molecular formula is C15H33NO2. The molecule has 0 aromatic rings. The van der Waals surface area contributed by atoms with Gasteiger partial charge in [0.2, 0.25) is 0 Å². The Bertz CT molecular complexity index is 165. The second-order valence-corrected chi connectivity index (χ2v) is 5.25. The number of unbranched alkanes of at least 4 members (excludes halogenated alkanes) is 7. The van der Waals surface area contributed by atoms with Gasteiger partial charge in [-0.2, -0.15) is 0 Å². The fourth-order valence-corrected chi connectivity index (χ4v) is 2.03. The van der Waals surface area contributed by atoms with Crippen LogP contribution in [-0.2, 0) is 0 Å². The standard InChI is InChI=1S/C15H33NO2/c1-3-5-6-7-8-9-10-11-12-14(17)13-16-15(18)4-2/h14-18H,3-13H2,1-2H3. The third kappa shape index (κ3) is 12.3. The van der Waals surface area contributed by atoms with Crippen molar-refractivity contribution >= 4 is 0 Å². The lowest BCUT2D eigenvalue weighted by atomic mass is 10.1. The first-order chi connectivity index (χ1) is 8.70. The Morgan fingerprint density at radius 3 is 1.94 bits per heavy atom. The summed E-state index contributed by atoms with van der Waals surface area (Å²) in [6.45, 7) is 4.67. The van der Waals surface area contributed by atoms with Gasteiger partial charge in [0, 0.05) is 6.54 Å². The second-order valence-electron chi connectivity index (χ2n) is 5.25. The van der Waals surface area contributed by atoms with Crippen LogP contribution in [0.4, 0.5) is 0 Å². The maximum absolute atomic E-state index is 9.69.